The molecule has 96 heavy (non-hydrogen) atoms. The number of carbonyl (C=O) groups is 8. The minimum atomic E-state index is -2.20. The number of nitrogens with one attached hydrogen (secondary N) is 7. The van der Waals surface area contributed by atoms with Crippen LogP contribution in [0.1, 0.15) is 88.8 Å². The normalized spacial score (nSPS) is 24.0. The number of anilines is 1. The van der Waals surface area contributed by atoms with E-state index in [1.165, 1.54) is 50.4 Å². The third-order valence-electron chi connectivity index (χ3n) is 15.3. The van der Waals surface area contributed by atoms with Gasteiger partial charge in [-0.05, 0) is 31.7 Å². The molecule has 0 spiro atoms. The van der Waals surface area contributed by atoms with Crippen molar-refractivity contribution in [3.05, 3.63) is 56.8 Å². The fourth-order valence-electron chi connectivity index (χ4n) is 9.80. The van der Waals surface area contributed by atoms with E-state index in [0.717, 1.165) is 24.7 Å². The highest BCUT2D eigenvalue weighted by Crippen LogP contribution is 2.35. The molecule has 0 aliphatic carbocycles. The summed E-state index contributed by atoms with van der Waals surface area (Å²) in [5.74, 6) is -7.69. The Morgan fingerprint density at radius 2 is 1.47 bits per heavy atom. The third kappa shape index (κ3) is 20.6. The third-order valence-corrected chi connectivity index (χ3v) is 18.2. The minimum absolute atomic E-state index is 0.00498. The van der Waals surface area contributed by atoms with Crippen molar-refractivity contribution in [1.82, 2.24) is 61.8 Å². The highest BCUT2D eigenvalue weighted by atomic mass is 32.2. The summed E-state index contributed by atoms with van der Waals surface area (Å²) in [5, 5.41) is 108. The molecule has 2 aliphatic heterocycles. The van der Waals surface area contributed by atoms with Crippen molar-refractivity contribution < 1.29 is 103 Å². The number of hydrogen-bond donors (Lipinski definition) is 20. The Labute approximate surface area is 559 Å². The topological polar surface area (TPSA) is 627 Å². The molecule has 8 amide bonds. The molecule has 25 N–H and O–H groups in total. The lowest BCUT2D eigenvalue weighted by molar-refractivity contribution is -0.372. The van der Waals surface area contributed by atoms with Gasteiger partial charge in [0.25, 0.3) is 11.8 Å². The van der Waals surface area contributed by atoms with E-state index >= 15 is 4.79 Å². The molecule has 0 bridgehead atoms. The molecule has 0 radical (unpaired) electrons. The first-order valence-electron chi connectivity index (χ1n) is 29.8. The van der Waals surface area contributed by atoms with Crippen LogP contribution in [0.3, 0.4) is 0 Å². The summed E-state index contributed by atoms with van der Waals surface area (Å²) in [6.07, 6.45) is -20.0. The first-order valence-corrected chi connectivity index (χ1v) is 33.8. The summed E-state index contributed by atoms with van der Waals surface area (Å²) >= 11 is 2.52. The van der Waals surface area contributed by atoms with Gasteiger partial charge in [-0.1, -0.05) is 6.92 Å². The zero-order valence-corrected chi connectivity index (χ0v) is 55.3. The summed E-state index contributed by atoms with van der Waals surface area (Å²) in [4.78, 5) is 131. The molecule has 4 aromatic heterocycles. The Hall–Kier alpha value is -7.30. The lowest BCUT2D eigenvalue weighted by Crippen LogP contribution is -2.65. The molecule has 1 unspecified atom stereocenters. The van der Waals surface area contributed by atoms with E-state index in [9.17, 15) is 74.4 Å². The van der Waals surface area contributed by atoms with Gasteiger partial charge in [-0.15, -0.1) is 22.7 Å². The van der Waals surface area contributed by atoms with E-state index in [4.69, 9.17) is 52.4 Å². The maximum atomic E-state index is 15.2. The Morgan fingerprint density at radius 1 is 0.781 bits per heavy atom. The number of aromatic nitrogens is 6. The maximum Gasteiger partial charge on any atom is 0.404 e. The highest BCUT2D eigenvalue weighted by molar-refractivity contribution is 7.95. The fourth-order valence-corrected chi connectivity index (χ4v) is 12.1. The van der Waals surface area contributed by atoms with Crippen molar-refractivity contribution >= 4 is 86.8 Å². The second kappa shape index (κ2) is 35.8. The van der Waals surface area contributed by atoms with Gasteiger partial charge >= 0.3 is 6.09 Å². The van der Waals surface area contributed by atoms with Crippen LogP contribution in [0, 0.1) is 12.8 Å². The average molecular weight is 1420 g/mol. The van der Waals surface area contributed by atoms with Crippen molar-refractivity contribution in [2.24, 2.45) is 28.9 Å². The van der Waals surface area contributed by atoms with Gasteiger partial charge in [0.05, 0.1) is 85.2 Å². The van der Waals surface area contributed by atoms with E-state index in [0.29, 0.717) is 22.3 Å². The van der Waals surface area contributed by atoms with Crippen LogP contribution in [0.2, 0.25) is 0 Å². The molecule has 2 fully saturated rings. The number of primary amides is 3. The van der Waals surface area contributed by atoms with Crippen molar-refractivity contribution in [3.8, 4) is 10.7 Å². The van der Waals surface area contributed by atoms with Crippen molar-refractivity contribution in [2.75, 3.05) is 56.8 Å². The molecule has 0 saturated carbocycles. The van der Waals surface area contributed by atoms with E-state index in [1.54, 1.807) is 10.8 Å². The number of nitrogens with zero attached hydrogens (tertiary/aromatic N) is 5. The Bertz CT molecular complexity index is 3280. The van der Waals surface area contributed by atoms with Gasteiger partial charge in [0.1, 0.15) is 100 Å². The van der Waals surface area contributed by atoms with Crippen molar-refractivity contribution in [1.29, 1.82) is 0 Å². The molecule has 0 aromatic carbocycles. The number of ether oxygens (including phenoxy) is 5. The number of amides is 8. The van der Waals surface area contributed by atoms with E-state index in [1.807, 2.05) is 0 Å². The lowest BCUT2D eigenvalue weighted by Gasteiger charge is -2.47. The lowest BCUT2D eigenvalue weighted by atomic mass is 9.96. The van der Waals surface area contributed by atoms with Gasteiger partial charge in [0, 0.05) is 55.2 Å². The highest BCUT2D eigenvalue weighted by Gasteiger charge is 2.54. The predicted molar refractivity (Wildman–Crippen MR) is 339 cm³/mol. The van der Waals surface area contributed by atoms with Crippen LogP contribution in [0.15, 0.2) is 23.3 Å². The molecular weight excluding hydrogens is 1330 g/mol. The fraction of sp³-hybridized carbons (Fsp3) is 0.618. The maximum absolute atomic E-state index is 15.2. The second-order valence-corrected chi connectivity index (χ2v) is 27.0. The number of aliphatic hydroxyl groups is 8. The molecule has 4 aromatic rings. The van der Waals surface area contributed by atoms with Crippen LogP contribution < -0.4 is 60.6 Å². The molecule has 532 valence electrons. The number of aliphatic hydroxyl groups excluding tert-OH is 8. The van der Waals surface area contributed by atoms with Crippen LogP contribution in [-0.4, -0.2) is 267 Å². The number of aromatic amines is 1. The second-order valence-electron chi connectivity index (χ2n) is 22.8. The predicted octanol–water partition coefficient (Wildman–Crippen LogP) is -7.70. The van der Waals surface area contributed by atoms with Crippen LogP contribution >= 0.6 is 22.7 Å². The molecule has 6 rings (SSSR count). The van der Waals surface area contributed by atoms with Gasteiger partial charge in [-0.3, -0.25) is 33.6 Å². The number of rotatable bonds is 35. The van der Waals surface area contributed by atoms with Gasteiger partial charge in [-0.25, -0.2) is 29.7 Å². The van der Waals surface area contributed by atoms with E-state index in [2.05, 4.69) is 74.3 Å². The summed E-state index contributed by atoms with van der Waals surface area (Å²) in [6.45, 7) is 3.18. The summed E-state index contributed by atoms with van der Waals surface area (Å²) in [7, 11) is 0.254. The van der Waals surface area contributed by atoms with Gasteiger partial charge in [-0.2, -0.15) is 0 Å². The molecule has 2 aliphatic rings. The van der Waals surface area contributed by atoms with Gasteiger partial charge in [0.15, 0.2) is 18.7 Å². The van der Waals surface area contributed by atoms with Crippen molar-refractivity contribution in [2.45, 2.75) is 157 Å². The van der Waals surface area contributed by atoms with E-state index < -0.39 is 183 Å². The molecular formula is C55H84N17O21S3+. The zero-order chi connectivity index (χ0) is 71.0. The largest absolute Gasteiger partial charge is 0.441 e. The number of nitrogens with two attached hydrogens (primary N) is 5. The Morgan fingerprint density at radius 3 is 2.09 bits per heavy atom. The van der Waals surface area contributed by atoms with Crippen LogP contribution in [-0.2, 0) is 65.0 Å². The number of nitrogen functional groups attached to an aromatic ring is 1. The van der Waals surface area contributed by atoms with Crippen LogP contribution in [0.4, 0.5) is 10.6 Å². The average Bonchev–Trinajstić information content (AvgIpc) is 0.885. The Kier molecular flexibility index (Phi) is 29.0. The minimum Gasteiger partial charge on any atom is -0.441 e. The van der Waals surface area contributed by atoms with E-state index in [-0.39, 0.29) is 64.9 Å². The summed E-state index contributed by atoms with van der Waals surface area (Å²) in [6, 6.07) is -7.85. The summed E-state index contributed by atoms with van der Waals surface area (Å²) < 4.78 is 28.7. The standard InChI is InChI=1S/C55H83N17O21S3/c1-20-33(69-46(72-44(20)58)25(12-31(57)76)64-13-24(56)45(59)82)50(86)71-35(41(26-14-61-19-65-26)91-54-43(39(80)37(78)29(15-73)90-54)92-53-40(81)42(93-55(60)88)38(79)30(16-74)89-53)51(87)66-22(3)36(77)21(2)47(83)70-34(23(4)75)49(85)63-10-8-32-67-28(18-94-32)52-68-27(17-95-52)48(84)62-9-7-11-96(5)6/h14,17-19,21-25,29-30,34-43,53-54,64,73-75,77-81H,7-13,15-16,56H2,1-6H3,(H13-,57,58,59,60,61,62,63,65,66,69,70,71,72,76,82,83,84,85,86,87,88)/p+1/t21-,22+,23-,24-,25+,29-,30-,34-,35+,36-,37+,38-,39-,40-,41?,42+,43+,53-,54-/m1/s1. The molecule has 2 saturated heterocycles. The number of hydrogen-bond acceptors (Lipinski definition) is 31. The first kappa shape index (κ1) is 77.7. The monoisotopic (exact) mass is 1410 g/mol. The van der Waals surface area contributed by atoms with Crippen LogP contribution in [0.25, 0.3) is 10.7 Å². The van der Waals surface area contributed by atoms with Gasteiger partial charge in [0.2, 0.25) is 29.5 Å². The smallest absolute Gasteiger partial charge is 0.404 e. The quantitative estimate of drug-likeness (QED) is 0.0150. The SMILES string of the molecule is Cc1c(N)nc([C@H](CC(N)=O)NC[C@@H](N)C(N)=O)nc1C(=O)N[C@H](C(=O)N[C@@H](C)[C@H](O)[C@@H](C)C(=O)N[C@@H](C(=O)NCCc1nc(-c2nc(C(=O)NCCC[S+](C)C)cs2)cs1)[C@@H](C)O)C(O[C@H]1O[C@H](CO)[C@H](O)[C@@H](O)[C@@H]1O[C@H]1O[C@H](CO)[C@@H](O)[C@H](OC(N)=O)[C@H]1O)c1cnc[nH]1. The molecule has 6 heterocycles. The zero-order valence-electron chi connectivity index (χ0n) is 52.9. The van der Waals surface area contributed by atoms with Crippen LogP contribution in [0.5, 0.6) is 0 Å². The molecule has 38 nitrogen and oxygen atoms in total. The van der Waals surface area contributed by atoms with Crippen molar-refractivity contribution in [3.63, 3.8) is 0 Å². The first-order chi connectivity index (χ1) is 45.3. The number of imidazole rings is 1. The number of thiazole rings is 2. The van der Waals surface area contributed by atoms with Gasteiger partial charge < -0.3 is 130 Å². The molecule has 41 heteroatoms. The number of carbonyl (C=O) groups excluding carboxylic acids is 8. The Balaban J connectivity index is 1.26. The summed E-state index contributed by atoms with van der Waals surface area (Å²) in [5.41, 5.74) is 28.1. The number of H-pyrrole nitrogens is 1. The molecule has 19 atom stereocenters.